The number of H-pyrrole nitrogens is 1. The summed E-state index contributed by atoms with van der Waals surface area (Å²) in [5.74, 6) is -0.0777. The van der Waals surface area contributed by atoms with Crippen LogP contribution in [-0.2, 0) is 4.74 Å². The fraction of sp³-hybridized carbons (Fsp3) is 0.294. The zero-order valence-electron chi connectivity index (χ0n) is 14.7. The highest BCUT2D eigenvalue weighted by Crippen LogP contribution is 2.15. The number of rotatable bonds is 4. The number of ether oxygens (including phenoxy) is 1. The summed E-state index contributed by atoms with van der Waals surface area (Å²) in [6, 6.07) is 8.84. The van der Waals surface area contributed by atoms with Crippen LogP contribution in [0.3, 0.4) is 0 Å². The van der Waals surface area contributed by atoms with E-state index in [9.17, 15) is 4.79 Å². The molecule has 28 heavy (non-hydrogen) atoms. The van der Waals surface area contributed by atoms with Gasteiger partial charge < -0.3 is 14.5 Å². The van der Waals surface area contributed by atoms with Gasteiger partial charge in [0.25, 0.3) is 5.91 Å². The summed E-state index contributed by atoms with van der Waals surface area (Å²) in [5, 5.41) is 18.5. The van der Waals surface area contributed by atoms with E-state index in [2.05, 4.69) is 30.7 Å². The summed E-state index contributed by atoms with van der Waals surface area (Å²) < 4.78 is 5.73. The minimum atomic E-state index is -0.281. The molecule has 1 unspecified atom stereocenters. The first-order chi connectivity index (χ1) is 13.8. The second-order valence-electron chi connectivity index (χ2n) is 6.38. The van der Waals surface area contributed by atoms with E-state index in [0.29, 0.717) is 41.9 Å². The van der Waals surface area contributed by atoms with E-state index in [0.717, 1.165) is 5.52 Å². The van der Waals surface area contributed by atoms with Crippen molar-refractivity contribution < 1.29 is 14.4 Å². The smallest absolute Gasteiger partial charge is 0.254 e. The van der Waals surface area contributed by atoms with E-state index < -0.39 is 0 Å². The molecule has 3 aromatic heterocycles. The molecule has 0 saturated carbocycles. The van der Waals surface area contributed by atoms with Gasteiger partial charge in [0.2, 0.25) is 5.65 Å². The Morgan fingerprint density at radius 2 is 2.18 bits per heavy atom. The van der Waals surface area contributed by atoms with E-state index in [1.807, 2.05) is 0 Å². The van der Waals surface area contributed by atoms with Gasteiger partial charge >= 0.3 is 0 Å². The molecule has 1 saturated heterocycles. The standard InChI is InChI=1S/C17H16N8O3/c26-17(11-3-4-13-15(8-11)20-22-19-13)24-6-7-27-12(9-24)10-28-25-16-14(21-23-25)2-1-5-18-16/h1-5,8,12H,6-7,9-10H2,(H,19,20,22). The topological polar surface area (TPSA) is 124 Å². The van der Waals surface area contributed by atoms with E-state index in [1.54, 1.807) is 41.4 Å². The quantitative estimate of drug-likeness (QED) is 0.527. The Hall–Kier alpha value is -3.60. The summed E-state index contributed by atoms with van der Waals surface area (Å²) >= 11 is 0. The lowest BCUT2D eigenvalue weighted by Crippen LogP contribution is -2.48. The average Bonchev–Trinajstić information content (AvgIpc) is 3.38. The Morgan fingerprint density at radius 3 is 3.14 bits per heavy atom. The van der Waals surface area contributed by atoms with Crippen molar-refractivity contribution in [2.45, 2.75) is 6.10 Å². The number of amides is 1. The van der Waals surface area contributed by atoms with E-state index in [-0.39, 0.29) is 18.6 Å². The molecule has 1 aliphatic rings. The number of pyridine rings is 1. The predicted octanol–water partition coefficient (Wildman–Crippen LogP) is 0.0674. The first kappa shape index (κ1) is 16.6. The van der Waals surface area contributed by atoms with Crippen molar-refractivity contribution in [1.82, 2.24) is 40.5 Å². The third-order valence-corrected chi connectivity index (χ3v) is 4.55. The predicted molar refractivity (Wildman–Crippen MR) is 96.3 cm³/mol. The summed E-state index contributed by atoms with van der Waals surface area (Å²) in [7, 11) is 0. The number of nitrogens with zero attached hydrogens (tertiary/aromatic N) is 7. The SMILES string of the molecule is O=C(c1ccc2n[nH]nc2c1)N1CCOC(COn2nnc3cccnc32)C1. The lowest BCUT2D eigenvalue weighted by Gasteiger charge is -2.32. The maximum Gasteiger partial charge on any atom is 0.254 e. The molecule has 5 rings (SSSR count). The molecular formula is C17H16N8O3. The van der Waals surface area contributed by atoms with Crippen LogP contribution in [0.4, 0.5) is 0 Å². The zero-order chi connectivity index (χ0) is 18.9. The maximum absolute atomic E-state index is 12.9. The van der Waals surface area contributed by atoms with Crippen molar-refractivity contribution in [2.24, 2.45) is 0 Å². The lowest BCUT2D eigenvalue weighted by molar-refractivity contribution is -0.0680. The molecule has 0 radical (unpaired) electrons. The number of hydrogen-bond donors (Lipinski definition) is 1. The minimum absolute atomic E-state index is 0.0777. The van der Waals surface area contributed by atoms with Gasteiger partial charge in [-0.05, 0) is 35.5 Å². The number of aromatic nitrogens is 7. The highest BCUT2D eigenvalue weighted by Gasteiger charge is 2.26. The van der Waals surface area contributed by atoms with Gasteiger partial charge in [-0.1, -0.05) is 4.85 Å². The van der Waals surface area contributed by atoms with Crippen LogP contribution in [0, 0.1) is 0 Å². The molecule has 4 aromatic rings. The molecule has 0 spiro atoms. The van der Waals surface area contributed by atoms with Crippen LogP contribution in [0.1, 0.15) is 10.4 Å². The van der Waals surface area contributed by atoms with Gasteiger partial charge in [-0.2, -0.15) is 15.4 Å². The molecule has 1 aliphatic heterocycles. The summed E-state index contributed by atoms with van der Waals surface area (Å²) in [6.45, 7) is 1.58. The van der Waals surface area contributed by atoms with Crippen molar-refractivity contribution in [3.8, 4) is 0 Å². The molecule has 4 heterocycles. The van der Waals surface area contributed by atoms with Gasteiger partial charge in [0, 0.05) is 18.3 Å². The van der Waals surface area contributed by atoms with Crippen molar-refractivity contribution in [3.05, 3.63) is 42.1 Å². The van der Waals surface area contributed by atoms with Crippen molar-refractivity contribution in [1.29, 1.82) is 0 Å². The van der Waals surface area contributed by atoms with Crippen LogP contribution in [0.25, 0.3) is 22.2 Å². The number of nitrogens with one attached hydrogen (secondary N) is 1. The van der Waals surface area contributed by atoms with Gasteiger partial charge in [-0.3, -0.25) is 4.79 Å². The molecule has 11 nitrogen and oxygen atoms in total. The number of morpholine rings is 1. The van der Waals surface area contributed by atoms with Crippen molar-refractivity contribution in [2.75, 3.05) is 26.3 Å². The largest absolute Gasteiger partial charge is 0.391 e. The third-order valence-electron chi connectivity index (χ3n) is 4.55. The number of carbonyl (C=O) groups excluding carboxylic acids is 1. The summed E-state index contributed by atoms with van der Waals surface area (Å²) in [6.07, 6.45) is 1.37. The third kappa shape index (κ3) is 3.01. The number of carbonyl (C=O) groups is 1. The van der Waals surface area contributed by atoms with Crippen LogP contribution < -0.4 is 4.84 Å². The normalized spacial score (nSPS) is 17.3. The van der Waals surface area contributed by atoms with Gasteiger partial charge in [-0.15, -0.1) is 5.10 Å². The minimum Gasteiger partial charge on any atom is -0.391 e. The van der Waals surface area contributed by atoms with Crippen LogP contribution in [0.5, 0.6) is 0 Å². The Kier molecular flexibility index (Phi) is 4.05. The fourth-order valence-electron chi connectivity index (χ4n) is 3.15. The number of benzene rings is 1. The Balaban J connectivity index is 1.26. The van der Waals surface area contributed by atoms with Gasteiger partial charge in [-0.25, -0.2) is 4.98 Å². The lowest BCUT2D eigenvalue weighted by atomic mass is 10.1. The second-order valence-corrected chi connectivity index (χ2v) is 6.38. The Bertz CT molecular complexity index is 1140. The van der Waals surface area contributed by atoms with Crippen LogP contribution in [0.2, 0.25) is 0 Å². The molecule has 1 atom stereocenters. The molecule has 142 valence electrons. The van der Waals surface area contributed by atoms with E-state index in [4.69, 9.17) is 9.57 Å². The van der Waals surface area contributed by atoms with Crippen LogP contribution in [0.15, 0.2) is 36.5 Å². The number of aromatic amines is 1. The summed E-state index contributed by atoms with van der Waals surface area (Å²) in [5.41, 5.74) is 3.12. The molecule has 0 bridgehead atoms. The van der Waals surface area contributed by atoms with Crippen LogP contribution in [-0.4, -0.2) is 78.8 Å². The fourth-order valence-corrected chi connectivity index (χ4v) is 3.15. The molecular weight excluding hydrogens is 364 g/mol. The first-order valence-electron chi connectivity index (χ1n) is 8.79. The van der Waals surface area contributed by atoms with Gasteiger partial charge in [0.05, 0.1) is 13.2 Å². The molecule has 1 N–H and O–H groups in total. The highest BCUT2D eigenvalue weighted by molar-refractivity contribution is 5.97. The maximum atomic E-state index is 12.9. The van der Waals surface area contributed by atoms with Crippen molar-refractivity contribution >= 4 is 28.1 Å². The molecule has 1 aromatic carbocycles. The average molecular weight is 380 g/mol. The molecule has 11 heteroatoms. The highest BCUT2D eigenvalue weighted by atomic mass is 16.7. The number of hydrogen-bond acceptors (Lipinski definition) is 8. The van der Waals surface area contributed by atoms with Crippen LogP contribution >= 0.6 is 0 Å². The molecule has 1 fully saturated rings. The first-order valence-corrected chi connectivity index (χ1v) is 8.79. The number of fused-ring (bicyclic) bond motifs is 2. The zero-order valence-corrected chi connectivity index (χ0v) is 14.7. The summed E-state index contributed by atoms with van der Waals surface area (Å²) in [4.78, 5) is 25.8. The van der Waals surface area contributed by atoms with Gasteiger partial charge in [0.1, 0.15) is 29.3 Å². The molecule has 1 amide bonds. The van der Waals surface area contributed by atoms with E-state index in [1.165, 1.54) is 4.85 Å². The second kappa shape index (κ2) is 6.85. The van der Waals surface area contributed by atoms with Crippen molar-refractivity contribution in [3.63, 3.8) is 0 Å². The molecule has 0 aliphatic carbocycles. The van der Waals surface area contributed by atoms with E-state index >= 15 is 0 Å². The van der Waals surface area contributed by atoms with Gasteiger partial charge in [0.15, 0.2) is 0 Å². The monoisotopic (exact) mass is 380 g/mol. The Morgan fingerprint density at radius 1 is 1.25 bits per heavy atom. The Labute approximate surface area is 158 Å².